The predicted molar refractivity (Wildman–Crippen MR) is 102 cm³/mol. The number of allylic oxidation sites excluding steroid dienone is 1. The van der Waals surface area contributed by atoms with E-state index in [4.69, 9.17) is 9.47 Å². The molecule has 1 amide bonds. The third-order valence-electron chi connectivity index (χ3n) is 3.93. The Kier molecular flexibility index (Phi) is 9.99. The van der Waals surface area contributed by atoms with Gasteiger partial charge in [-0.2, -0.15) is 0 Å². The van der Waals surface area contributed by atoms with Crippen LogP contribution < -0.4 is 20.1 Å². The van der Waals surface area contributed by atoms with Crippen LogP contribution in [0.15, 0.2) is 30.9 Å². The van der Waals surface area contributed by atoms with E-state index in [1.54, 1.807) is 7.11 Å². The summed E-state index contributed by atoms with van der Waals surface area (Å²) in [7, 11) is 1.59. The molecule has 0 aliphatic carbocycles. The fraction of sp³-hybridized carbons (Fsp3) is 0.500. The minimum atomic E-state index is -0.123. The fourth-order valence-electron chi connectivity index (χ4n) is 2.61. The highest BCUT2D eigenvalue weighted by Gasteiger charge is 2.11. The highest BCUT2D eigenvalue weighted by Crippen LogP contribution is 2.28. The van der Waals surface area contributed by atoms with Crippen LogP contribution in [-0.4, -0.2) is 63.8 Å². The zero-order valence-electron chi connectivity index (χ0n) is 14.8. The van der Waals surface area contributed by atoms with Crippen molar-refractivity contribution >= 4 is 18.3 Å². The molecule has 140 valence electrons. The summed E-state index contributed by atoms with van der Waals surface area (Å²) in [4.78, 5) is 14.2. The van der Waals surface area contributed by atoms with Crippen molar-refractivity contribution < 1.29 is 14.3 Å². The molecule has 2 N–H and O–H groups in total. The summed E-state index contributed by atoms with van der Waals surface area (Å²) >= 11 is 0. The highest BCUT2D eigenvalue weighted by atomic mass is 35.5. The maximum atomic E-state index is 11.9. The molecular formula is C18H28ClN3O3. The molecule has 0 atom stereocenters. The minimum absolute atomic E-state index is 0. The van der Waals surface area contributed by atoms with Crippen molar-refractivity contribution in [2.24, 2.45) is 0 Å². The Morgan fingerprint density at radius 3 is 2.80 bits per heavy atom. The highest BCUT2D eigenvalue weighted by molar-refractivity contribution is 5.85. The van der Waals surface area contributed by atoms with E-state index in [9.17, 15) is 4.79 Å². The molecule has 7 heteroatoms. The molecule has 0 spiro atoms. The molecule has 0 saturated carbocycles. The second-order valence-corrected chi connectivity index (χ2v) is 5.71. The number of methoxy groups -OCH3 is 1. The van der Waals surface area contributed by atoms with Gasteiger partial charge in [0.25, 0.3) is 5.91 Å². The Balaban J connectivity index is 0.00000312. The van der Waals surface area contributed by atoms with Crippen molar-refractivity contribution in [1.29, 1.82) is 0 Å². The van der Waals surface area contributed by atoms with E-state index < -0.39 is 0 Å². The quantitative estimate of drug-likeness (QED) is 0.641. The Morgan fingerprint density at radius 2 is 2.12 bits per heavy atom. The van der Waals surface area contributed by atoms with Crippen LogP contribution in [0.1, 0.15) is 5.56 Å². The first kappa shape index (κ1) is 21.3. The van der Waals surface area contributed by atoms with Gasteiger partial charge in [0, 0.05) is 39.3 Å². The van der Waals surface area contributed by atoms with E-state index in [1.807, 2.05) is 24.3 Å². The second kappa shape index (κ2) is 11.7. The molecule has 1 saturated heterocycles. The third-order valence-corrected chi connectivity index (χ3v) is 3.93. The number of nitrogens with one attached hydrogen (secondary N) is 2. The Hall–Kier alpha value is -1.76. The molecule has 1 fully saturated rings. The second-order valence-electron chi connectivity index (χ2n) is 5.71. The van der Waals surface area contributed by atoms with Crippen LogP contribution in [0.25, 0.3) is 0 Å². The Labute approximate surface area is 156 Å². The van der Waals surface area contributed by atoms with Gasteiger partial charge < -0.3 is 20.1 Å². The molecule has 0 radical (unpaired) electrons. The molecule has 0 aromatic heterocycles. The average Bonchev–Trinajstić information content (AvgIpc) is 2.61. The number of carbonyl (C=O) groups is 1. The minimum Gasteiger partial charge on any atom is -0.493 e. The lowest BCUT2D eigenvalue weighted by atomic mass is 10.1. The molecule has 2 rings (SSSR count). The standard InChI is InChI=1S/C18H27N3O3.ClH/c1-3-4-15-5-6-16(17(13-15)23-2)24-14-18(22)20-9-12-21-10-7-19-8-11-21;/h3,5-6,13,19H,1,4,7-12,14H2,2H3,(H,20,22);1H. The van der Waals surface area contributed by atoms with Gasteiger partial charge in [0.1, 0.15) is 0 Å². The monoisotopic (exact) mass is 369 g/mol. The van der Waals surface area contributed by atoms with Gasteiger partial charge >= 0.3 is 0 Å². The van der Waals surface area contributed by atoms with E-state index in [0.717, 1.165) is 44.7 Å². The van der Waals surface area contributed by atoms with Gasteiger partial charge in [-0.3, -0.25) is 9.69 Å². The number of halogens is 1. The summed E-state index contributed by atoms with van der Waals surface area (Å²) in [5.74, 6) is 1.08. The lowest BCUT2D eigenvalue weighted by molar-refractivity contribution is -0.123. The molecule has 6 nitrogen and oxygen atoms in total. The summed E-state index contributed by atoms with van der Waals surface area (Å²) in [6, 6.07) is 5.67. The molecule has 0 unspecified atom stereocenters. The molecule has 1 aliphatic rings. The van der Waals surface area contributed by atoms with Crippen molar-refractivity contribution in [1.82, 2.24) is 15.5 Å². The van der Waals surface area contributed by atoms with Crippen molar-refractivity contribution in [2.45, 2.75) is 6.42 Å². The summed E-state index contributed by atoms with van der Waals surface area (Å²) in [5.41, 5.74) is 1.09. The van der Waals surface area contributed by atoms with Gasteiger partial charge in [-0.15, -0.1) is 19.0 Å². The molecule has 1 aromatic carbocycles. The summed E-state index contributed by atoms with van der Waals surface area (Å²) in [6.07, 6.45) is 2.60. The topological polar surface area (TPSA) is 62.8 Å². The molecule has 1 heterocycles. The maximum Gasteiger partial charge on any atom is 0.257 e. The van der Waals surface area contributed by atoms with Gasteiger partial charge in [0.2, 0.25) is 0 Å². The van der Waals surface area contributed by atoms with Gasteiger partial charge in [-0.1, -0.05) is 12.1 Å². The number of hydrogen-bond acceptors (Lipinski definition) is 5. The first-order valence-corrected chi connectivity index (χ1v) is 8.33. The first-order valence-electron chi connectivity index (χ1n) is 8.33. The molecule has 0 bridgehead atoms. The number of carbonyl (C=O) groups excluding carboxylic acids is 1. The third kappa shape index (κ3) is 7.34. The van der Waals surface area contributed by atoms with E-state index >= 15 is 0 Å². The van der Waals surface area contributed by atoms with E-state index in [2.05, 4.69) is 22.1 Å². The van der Waals surface area contributed by atoms with Crippen molar-refractivity contribution in [3.63, 3.8) is 0 Å². The van der Waals surface area contributed by atoms with Gasteiger partial charge in [-0.25, -0.2) is 0 Å². The molecule has 1 aromatic rings. The molecule has 1 aliphatic heterocycles. The lowest BCUT2D eigenvalue weighted by Gasteiger charge is -2.27. The molecule has 25 heavy (non-hydrogen) atoms. The zero-order chi connectivity index (χ0) is 17.2. The maximum absolute atomic E-state index is 11.9. The van der Waals surface area contributed by atoms with Crippen LogP contribution in [0.5, 0.6) is 11.5 Å². The summed E-state index contributed by atoms with van der Waals surface area (Å²) in [5, 5.41) is 6.20. The number of nitrogens with zero attached hydrogens (tertiary/aromatic N) is 1. The van der Waals surface area contributed by atoms with Crippen LogP contribution in [-0.2, 0) is 11.2 Å². The van der Waals surface area contributed by atoms with Crippen LogP contribution in [0, 0.1) is 0 Å². The van der Waals surface area contributed by atoms with Crippen LogP contribution >= 0.6 is 12.4 Å². The predicted octanol–water partition coefficient (Wildman–Crippen LogP) is 1.25. The van der Waals surface area contributed by atoms with Crippen LogP contribution in [0.2, 0.25) is 0 Å². The van der Waals surface area contributed by atoms with E-state index in [-0.39, 0.29) is 24.9 Å². The largest absolute Gasteiger partial charge is 0.493 e. The average molecular weight is 370 g/mol. The lowest BCUT2D eigenvalue weighted by Crippen LogP contribution is -2.46. The number of benzene rings is 1. The van der Waals surface area contributed by atoms with E-state index in [1.165, 1.54) is 0 Å². The van der Waals surface area contributed by atoms with Gasteiger partial charge in [-0.05, 0) is 24.1 Å². The van der Waals surface area contributed by atoms with E-state index in [0.29, 0.717) is 18.0 Å². The number of piperazine rings is 1. The number of hydrogen-bond donors (Lipinski definition) is 2. The number of ether oxygens (including phenoxy) is 2. The molecular weight excluding hydrogens is 342 g/mol. The van der Waals surface area contributed by atoms with Crippen molar-refractivity contribution in [3.05, 3.63) is 36.4 Å². The van der Waals surface area contributed by atoms with Gasteiger partial charge in [0.15, 0.2) is 18.1 Å². The normalized spacial score (nSPS) is 14.3. The first-order chi connectivity index (χ1) is 11.7. The zero-order valence-corrected chi connectivity index (χ0v) is 15.6. The van der Waals surface area contributed by atoms with Crippen LogP contribution in [0.4, 0.5) is 0 Å². The fourth-order valence-corrected chi connectivity index (χ4v) is 2.61. The number of amides is 1. The SMILES string of the molecule is C=CCc1ccc(OCC(=O)NCCN2CCNCC2)c(OC)c1.Cl. The smallest absolute Gasteiger partial charge is 0.257 e. The Bertz CT molecular complexity index is 548. The van der Waals surface area contributed by atoms with Gasteiger partial charge in [0.05, 0.1) is 7.11 Å². The number of rotatable bonds is 9. The Morgan fingerprint density at radius 1 is 1.36 bits per heavy atom. The van der Waals surface area contributed by atoms with Crippen molar-refractivity contribution in [3.8, 4) is 11.5 Å². The van der Waals surface area contributed by atoms with Crippen LogP contribution in [0.3, 0.4) is 0 Å². The van der Waals surface area contributed by atoms with Crippen molar-refractivity contribution in [2.75, 3.05) is 53.0 Å². The summed E-state index contributed by atoms with van der Waals surface area (Å²) < 4.78 is 10.9. The summed E-state index contributed by atoms with van der Waals surface area (Å²) in [6.45, 7) is 9.30.